The van der Waals surface area contributed by atoms with E-state index in [9.17, 15) is 4.79 Å². The zero-order valence-electron chi connectivity index (χ0n) is 14.3. The van der Waals surface area contributed by atoms with Gasteiger partial charge in [0.05, 0.1) is 13.1 Å². The van der Waals surface area contributed by atoms with Crippen molar-refractivity contribution in [1.82, 2.24) is 16.0 Å². The van der Waals surface area contributed by atoms with Gasteiger partial charge in [-0.15, -0.1) is 24.0 Å². The number of halogens is 1. The standard InChI is InChI=1S/C17H24N4O2.HI/c1-4-9-19-16(22)11-21-17(18-3)20-10-15-12(2)13-7-5-6-8-14(13)23-15;/h5-8H,4,9-11H2,1-3H3,(H,19,22)(H2,18,20,21);1H. The average molecular weight is 444 g/mol. The number of nitrogens with one attached hydrogen (secondary N) is 3. The fraction of sp³-hybridized carbons (Fsp3) is 0.412. The van der Waals surface area contributed by atoms with Crippen LogP contribution >= 0.6 is 24.0 Å². The monoisotopic (exact) mass is 444 g/mol. The van der Waals surface area contributed by atoms with Crippen LogP contribution in [0.15, 0.2) is 33.7 Å². The van der Waals surface area contributed by atoms with Crippen LogP contribution in [-0.4, -0.2) is 32.0 Å². The molecule has 0 aliphatic carbocycles. The molecule has 0 fully saturated rings. The van der Waals surface area contributed by atoms with E-state index in [1.807, 2.05) is 38.1 Å². The molecule has 1 heterocycles. The number of carbonyl (C=O) groups is 1. The molecule has 3 N–H and O–H groups in total. The number of aliphatic imine (C=N–C) groups is 1. The summed E-state index contributed by atoms with van der Waals surface area (Å²) < 4.78 is 5.85. The van der Waals surface area contributed by atoms with Crippen molar-refractivity contribution in [3.8, 4) is 0 Å². The van der Waals surface area contributed by atoms with Crippen molar-refractivity contribution in [3.63, 3.8) is 0 Å². The van der Waals surface area contributed by atoms with E-state index in [0.29, 0.717) is 19.0 Å². The summed E-state index contributed by atoms with van der Waals surface area (Å²) in [5, 5.41) is 10.1. The number of nitrogens with zero attached hydrogens (tertiary/aromatic N) is 1. The predicted octanol–water partition coefficient (Wildman–Crippen LogP) is 2.55. The number of hydrogen-bond acceptors (Lipinski definition) is 3. The predicted molar refractivity (Wildman–Crippen MR) is 108 cm³/mol. The molecule has 0 aliphatic heterocycles. The van der Waals surface area contributed by atoms with Crippen molar-refractivity contribution >= 4 is 46.8 Å². The highest BCUT2D eigenvalue weighted by Crippen LogP contribution is 2.24. The van der Waals surface area contributed by atoms with Gasteiger partial charge in [-0.05, 0) is 19.4 Å². The van der Waals surface area contributed by atoms with Crippen molar-refractivity contribution in [3.05, 3.63) is 35.6 Å². The Morgan fingerprint density at radius 3 is 2.62 bits per heavy atom. The minimum atomic E-state index is -0.0466. The van der Waals surface area contributed by atoms with Crippen LogP contribution in [0.5, 0.6) is 0 Å². The third-order valence-corrected chi connectivity index (χ3v) is 3.57. The minimum absolute atomic E-state index is 0. The van der Waals surface area contributed by atoms with E-state index in [-0.39, 0.29) is 36.4 Å². The number of furan rings is 1. The lowest BCUT2D eigenvalue weighted by atomic mass is 10.1. The normalized spacial score (nSPS) is 11.0. The van der Waals surface area contributed by atoms with Crippen LogP contribution in [0, 0.1) is 6.92 Å². The lowest BCUT2D eigenvalue weighted by Gasteiger charge is -2.11. The Kier molecular flexibility index (Phi) is 8.59. The van der Waals surface area contributed by atoms with E-state index < -0.39 is 0 Å². The summed E-state index contributed by atoms with van der Waals surface area (Å²) in [6.07, 6.45) is 0.921. The third kappa shape index (κ3) is 5.40. The number of benzene rings is 1. The molecular weight excluding hydrogens is 419 g/mol. The molecule has 0 radical (unpaired) electrons. The van der Waals surface area contributed by atoms with Crippen LogP contribution in [0.3, 0.4) is 0 Å². The summed E-state index contributed by atoms with van der Waals surface area (Å²) >= 11 is 0. The summed E-state index contributed by atoms with van der Waals surface area (Å²) in [4.78, 5) is 15.7. The summed E-state index contributed by atoms with van der Waals surface area (Å²) in [5.41, 5.74) is 1.99. The molecule has 0 unspecified atom stereocenters. The van der Waals surface area contributed by atoms with Gasteiger partial charge in [0.25, 0.3) is 0 Å². The molecule has 132 valence electrons. The van der Waals surface area contributed by atoms with Crippen LogP contribution in [0.1, 0.15) is 24.7 Å². The maximum absolute atomic E-state index is 11.6. The van der Waals surface area contributed by atoms with Crippen LogP contribution < -0.4 is 16.0 Å². The van der Waals surface area contributed by atoms with Crippen molar-refractivity contribution in [2.45, 2.75) is 26.8 Å². The number of guanidine groups is 1. The van der Waals surface area contributed by atoms with E-state index in [4.69, 9.17) is 4.42 Å². The van der Waals surface area contributed by atoms with Crippen LogP contribution in [0.25, 0.3) is 11.0 Å². The number of aryl methyl sites for hydroxylation is 1. The maximum atomic E-state index is 11.6. The number of fused-ring (bicyclic) bond motifs is 1. The number of carbonyl (C=O) groups excluding carboxylic acids is 1. The lowest BCUT2D eigenvalue weighted by Crippen LogP contribution is -2.43. The molecule has 0 saturated heterocycles. The zero-order valence-corrected chi connectivity index (χ0v) is 16.6. The highest BCUT2D eigenvalue weighted by atomic mass is 127. The van der Waals surface area contributed by atoms with Gasteiger partial charge in [-0.1, -0.05) is 25.1 Å². The van der Waals surface area contributed by atoms with Gasteiger partial charge in [0, 0.05) is 24.5 Å². The second-order valence-corrected chi connectivity index (χ2v) is 5.28. The fourth-order valence-corrected chi connectivity index (χ4v) is 2.27. The topological polar surface area (TPSA) is 78.7 Å². The van der Waals surface area contributed by atoms with Gasteiger partial charge >= 0.3 is 0 Å². The second-order valence-electron chi connectivity index (χ2n) is 5.28. The van der Waals surface area contributed by atoms with E-state index in [2.05, 4.69) is 20.9 Å². The Morgan fingerprint density at radius 2 is 1.96 bits per heavy atom. The first-order valence-electron chi connectivity index (χ1n) is 7.84. The van der Waals surface area contributed by atoms with Crippen LogP contribution in [0.2, 0.25) is 0 Å². The Labute approximate surface area is 159 Å². The summed E-state index contributed by atoms with van der Waals surface area (Å²) in [7, 11) is 1.67. The molecule has 1 amide bonds. The molecular formula is C17H25IN4O2. The summed E-state index contributed by atoms with van der Waals surface area (Å²) in [5.74, 6) is 1.39. The van der Waals surface area contributed by atoms with Gasteiger partial charge in [0.1, 0.15) is 11.3 Å². The zero-order chi connectivity index (χ0) is 16.7. The van der Waals surface area contributed by atoms with Gasteiger partial charge in [0.15, 0.2) is 5.96 Å². The molecule has 24 heavy (non-hydrogen) atoms. The largest absolute Gasteiger partial charge is 0.459 e. The van der Waals surface area contributed by atoms with Crippen molar-refractivity contribution in [1.29, 1.82) is 0 Å². The Balaban J connectivity index is 0.00000288. The van der Waals surface area contributed by atoms with E-state index in [1.54, 1.807) is 7.05 Å². The molecule has 0 atom stereocenters. The Hall–Kier alpha value is -1.77. The number of amides is 1. The summed E-state index contributed by atoms with van der Waals surface area (Å²) in [6.45, 7) is 5.45. The van der Waals surface area contributed by atoms with Crippen molar-refractivity contribution in [2.75, 3.05) is 20.1 Å². The molecule has 0 saturated carbocycles. The second kappa shape index (κ2) is 10.2. The summed E-state index contributed by atoms with van der Waals surface area (Å²) in [6, 6.07) is 7.95. The van der Waals surface area contributed by atoms with E-state index in [0.717, 1.165) is 28.7 Å². The van der Waals surface area contributed by atoms with Gasteiger partial charge in [0.2, 0.25) is 5.91 Å². The quantitative estimate of drug-likeness (QED) is 0.364. The van der Waals surface area contributed by atoms with E-state index in [1.165, 1.54) is 0 Å². The van der Waals surface area contributed by atoms with Gasteiger partial charge < -0.3 is 20.4 Å². The first kappa shape index (κ1) is 20.3. The van der Waals surface area contributed by atoms with Crippen molar-refractivity contribution < 1.29 is 9.21 Å². The average Bonchev–Trinajstić information content (AvgIpc) is 2.89. The Bertz CT molecular complexity index is 697. The van der Waals surface area contributed by atoms with Crippen LogP contribution in [0.4, 0.5) is 0 Å². The van der Waals surface area contributed by atoms with Crippen LogP contribution in [-0.2, 0) is 11.3 Å². The molecule has 0 aliphatic rings. The highest BCUT2D eigenvalue weighted by Gasteiger charge is 2.10. The first-order valence-corrected chi connectivity index (χ1v) is 7.84. The minimum Gasteiger partial charge on any atom is -0.459 e. The van der Waals surface area contributed by atoms with Crippen molar-refractivity contribution in [2.24, 2.45) is 4.99 Å². The number of rotatable bonds is 6. The van der Waals surface area contributed by atoms with Gasteiger partial charge in [-0.2, -0.15) is 0 Å². The smallest absolute Gasteiger partial charge is 0.239 e. The molecule has 1 aromatic carbocycles. The van der Waals surface area contributed by atoms with Gasteiger partial charge in [-0.25, -0.2) is 0 Å². The molecule has 0 bridgehead atoms. The third-order valence-electron chi connectivity index (χ3n) is 3.57. The highest BCUT2D eigenvalue weighted by molar-refractivity contribution is 14.0. The number of para-hydroxylation sites is 1. The SMILES string of the molecule is CCCNC(=O)CNC(=NC)NCc1oc2ccccc2c1C.I. The molecule has 2 aromatic rings. The maximum Gasteiger partial charge on any atom is 0.239 e. The molecule has 2 rings (SSSR count). The fourth-order valence-electron chi connectivity index (χ4n) is 2.27. The molecule has 7 heteroatoms. The lowest BCUT2D eigenvalue weighted by molar-refractivity contribution is -0.120. The number of hydrogen-bond donors (Lipinski definition) is 3. The Morgan fingerprint density at radius 1 is 1.21 bits per heavy atom. The first-order chi connectivity index (χ1) is 11.2. The molecule has 1 aromatic heterocycles. The van der Waals surface area contributed by atoms with E-state index >= 15 is 0 Å². The van der Waals surface area contributed by atoms with Gasteiger partial charge in [-0.3, -0.25) is 9.79 Å². The molecule has 0 spiro atoms. The molecule has 6 nitrogen and oxygen atoms in total.